The molecule has 2 unspecified atom stereocenters. The molecule has 2 atom stereocenters. The van der Waals surface area contributed by atoms with Crippen molar-refractivity contribution in [2.75, 3.05) is 27.0 Å². The summed E-state index contributed by atoms with van der Waals surface area (Å²) in [5.41, 5.74) is 6.21. The number of benzene rings is 1. The summed E-state index contributed by atoms with van der Waals surface area (Å²) in [5.74, 6) is -1.41. The minimum atomic E-state index is -0.603. The number of ether oxygens (including phenoxy) is 3. The Hall–Kier alpha value is -2.61. The predicted octanol–water partition coefficient (Wildman–Crippen LogP) is 2.95. The molecule has 1 aromatic carbocycles. The molecule has 1 fully saturated rings. The Labute approximate surface area is 177 Å². The highest BCUT2D eigenvalue weighted by molar-refractivity contribution is 5.80. The highest BCUT2D eigenvalue weighted by Gasteiger charge is 2.39. The van der Waals surface area contributed by atoms with E-state index in [9.17, 15) is 14.4 Å². The summed E-state index contributed by atoms with van der Waals surface area (Å²) in [6, 6.07) is 8.90. The fraction of sp³-hybridized carbons (Fsp3) is 0.591. The van der Waals surface area contributed by atoms with Gasteiger partial charge in [0.2, 0.25) is 6.79 Å². The van der Waals surface area contributed by atoms with Gasteiger partial charge in [-0.25, -0.2) is 4.79 Å². The molecule has 8 nitrogen and oxygen atoms in total. The van der Waals surface area contributed by atoms with Crippen LogP contribution in [-0.2, 0) is 23.8 Å². The summed E-state index contributed by atoms with van der Waals surface area (Å²) in [4.78, 5) is 38.5. The minimum absolute atomic E-state index is 0.266. The third kappa shape index (κ3) is 7.02. The van der Waals surface area contributed by atoms with E-state index in [1.807, 2.05) is 30.3 Å². The first-order valence-electron chi connectivity index (χ1n) is 10.5. The van der Waals surface area contributed by atoms with Crippen molar-refractivity contribution in [1.29, 1.82) is 0 Å². The maximum Gasteiger partial charge on any atom is 0.412 e. The number of nitrogens with two attached hydrogens (primary N) is 1. The number of piperidine rings is 1. The van der Waals surface area contributed by atoms with Gasteiger partial charge in [0.05, 0.1) is 13.2 Å². The standard InChI is InChI=1S/C22H32N2O6/c1-28-21(26)20(17-10-4-2-5-11-17)18-12-7-9-15-24(18)22(27)30-16-29-19(25)13-6-3-8-14-23/h2,4-5,10-11,18,20H,3,6-9,12-16,23H2,1H3. The molecular weight excluding hydrogens is 388 g/mol. The SMILES string of the molecule is COC(=O)C(c1ccccc1)C1CCCCN1C(=O)OCOC(=O)CCCCCN. The van der Waals surface area contributed by atoms with Crippen molar-refractivity contribution in [3.05, 3.63) is 35.9 Å². The van der Waals surface area contributed by atoms with Crippen LogP contribution in [0.15, 0.2) is 30.3 Å². The molecule has 2 rings (SSSR count). The van der Waals surface area contributed by atoms with Gasteiger partial charge < -0.3 is 24.8 Å². The lowest BCUT2D eigenvalue weighted by Crippen LogP contribution is -2.49. The van der Waals surface area contributed by atoms with Gasteiger partial charge in [-0.1, -0.05) is 36.8 Å². The number of hydrogen-bond acceptors (Lipinski definition) is 7. The van der Waals surface area contributed by atoms with E-state index < -0.39 is 30.7 Å². The smallest absolute Gasteiger partial charge is 0.412 e. The molecule has 1 aromatic rings. The number of hydrogen-bond donors (Lipinski definition) is 1. The molecule has 1 aliphatic rings. The molecular formula is C22H32N2O6. The number of nitrogens with zero attached hydrogens (tertiary/aromatic N) is 1. The lowest BCUT2D eigenvalue weighted by atomic mass is 9.85. The van der Waals surface area contributed by atoms with Gasteiger partial charge in [-0.05, 0) is 44.2 Å². The van der Waals surface area contributed by atoms with Crippen molar-refractivity contribution >= 4 is 18.0 Å². The van der Waals surface area contributed by atoms with Gasteiger partial charge in [0.25, 0.3) is 0 Å². The Morgan fingerprint density at radius 2 is 1.87 bits per heavy atom. The van der Waals surface area contributed by atoms with Crippen molar-refractivity contribution < 1.29 is 28.6 Å². The first-order valence-corrected chi connectivity index (χ1v) is 10.5. The number of carbonyl (C=O) groups excluding carboxylic acids is 3. The van der Waals surface area contributed by atoms with Gasteiger partial charge in [0.15, 0.2) is 0 Å². The Bertz CT molecular complexity index is 681. The Morgan fingerprint density at radius 1 is 1.10 bits per heavy atom. The van der Waals surface area contributed by atoms with Crippen molar-refractivity contribution in [3.63, 3.8) is 0 Å². The average Bonchev–Trinajstić information content (AvgIpc) is 2.77. The third-order valence-corrected chi connectivity index (χ3v) is 5.27. The first-order chi connectivity index (χ1) is 14.6. The van der Waals surface area contributed by atoms with E-state index in [-0.39, 0.29) is 12.5 Å². The molecule has 8 heteroatoms. The third-order valence-electron chi connectivity index (χ3n) is 5.27. The summed E-state index contributed by atoms with van der Waals surface area (Å²) in [6.07, 6.45) is 4.45. The molecule has 0 radical (unpaired) electrons. The zero-order valence-corrected chi connectivity index (χ0v) is 17.6. The summed E-state index contributed by atoms with van der Waals surface area (Å²) in [5, 5.41) is 0. The first kappa shape index (κ1) is 23.7. The van der Waals surface area contributed by atoms with E-state index in [0.29, 0.717) is 25.9 Å². The predicted molar refractivity (Wildman–Crippen MR) is 111 cm³/mol. The van der Waals surface area contributed by atoms with Gasteiger partial charge in [-0.2, -0.15) is 0 Å². The number of unbranched alkanes of at least 4 members (excludes halogenated alkanes) is 2. The van der Waals surface area contributed by atoms with Gasteiger partial charge in [0, 0.05) is 13.0 Å². The zero-order chi connectivity index (χ0) is 21.8. The van der Waals surface area contributed by atoms with Crippen LogP contribution >= 0.6 is 0 Å². The van der Waals surface area contributed by atoms with E-state index in [0.717, 1.165) is 31.2 Å². The van der Waals surface area contributed by atoms with Gasteiger partial charge in [-0.3, -0.25) is 9.59 Å². The van der Waals surface area contributed by atoms with E-state index in [1.54, 1.807) is 4.90 Å². The van der Waals surface area contributed by atoms with Gasteiger partial charge in [0.1, 0.15) is 5.92 Å². The normalized spacial score (nSPS) is 17.1. The molecule has 0 spiro atoms. The van der Waals surface area contributed by atoms with Crippen molar-refractivity contribution in [2.24, 2.45) is 5.73 Å². The maximum absolute atomic E-state index is 12.7. The summed E-state index contributed by atoms with van der Waals surface area (Å²) in [6.45, 7) is 0.627. The number of likely N-dealkylation sites (tertiary alicyclic amines) is 1. The van der Waals surface area contributed by atoms with Crippen molar-refractivity contribution in [1.82, 2.24) is 4.90 Å². The minimum Gasteiger partial charge on any atom is -0.468 e. The van der Waals surface area contributed by atoms with Crippen LogP contribution in [0, 0.1) is 0 Å². The zero-order valence-electron chi connectivity index (χ0n) is 17.6. The molecule has 30 heavy (non-hydrogen) atoms. The highest BCUT2D eigenvalue weighted by Crippen LogP contribution is 2.32. The van der Waals surface area contributed by atoms with E-state index >= 15 is 0 Å². The molecule has 1 aliphatic heterocycles. The second-order valence-electron chi connectivity index (χ2n) is 7.31. The second-order valence-corrected chi connectivity index (χ2v) is 7.31. The molecule has 0 saturated carbocycles. The molecule has 1 heterocycles. The number of esters is 2. The van der Waals surface area contributed by atoms with Crippen LogP contribution in [0.25, 0.3) is 0 Å². The monoisotopic (exact) mass is 420 g/mol. The average molecular weight is 421 g/mol. The Balaban J connectivity index is 1.95. The van der Waals surface area contributed by atoms with Crippen LogP contribution in [0.4, 0.5) is 4.79 Å². The molecule has 0 aromatic heterocycles. The van der Waals surface area contributed by atoms with Crippen LogP contribution in [0.1, 0.15) is 56.4 Å². The fourth-order valence-corrected chi connectivity index (χ4v) is 3.72. The lowest BCUT2D eigenvalue weighted by molar-refractivity contribution is -0.152. The van der Waals surface area contributed by atoms with Crippen LogP contribution in [0.5, 0.6) is 0 Å². The number of methoxy groups -OCH3 is 1. The Kier molecular flexibility index (Phi) is 10.1. The van der Waals surface area contributed by atoms with Crippen molar-refractivity contribution in [2.45, 2.75) is 56.9 Å². The van der Waals surface area contributed by atoms with Gasteiger partial charge in [-0.15, -0.1) is 0 Å². The largest absolute Gasteiger partial charge is 0.468 e. The summed E-state index contributed by atoms with van der Waals surface area (Å²) >= 11 is 0. The van der Waals surface area contributed by atoms with Crippen molar-refractivity contribution in [3.8, 4) is 0 Å². The van der Waals surface area contributed by atoms with E-state index in [2.05, 4.69) is 0 Å². The molecule has 166 valence electrons. The van der Waals surface area contributed by atoms with E-state index in [1.165, 1.54) is 7.11 Å². The number of carbonyl (C=O) groups is 3. The Morgan fingerprint density at radius 3 is 2.57 bits per heavy atom. The summed E-state index contributed by atoms with van der Waals surface area (Å²) < 4.78 is 15.2. The fourth-order valence-electron chi connectivity index (χ4n) is 3.72. The van der Waals surface area contributed by atoms with Crippen LogP contribution < -0.4 is 5.73 Å². The number of amides is 1. The van der Waals surface area contributed by atoms with Crippen LogP contribution in [0.3, 0.4) is 0 Å². The topological polar surface area (TPSA) is 108 Å². The maximum atomic E-state index is 12.7. The van der Waals surface area contributed by atoms with E-state index in [4.69, 9.17) is 19.9 Å². The lowest BCUT2D eigenvalue weighted by Gasteiger charge is -2.38. The highest BCUT2D eigenvalue weighted by atomic mass is 16.7. The quantitative estimate of drug-likeness (QED) is 0.352. The van der Waals surface area contributed by atoms with Gasteiger partial charge >= 0.3 is 18.0 Å². The molecule has 0 aliphatic carbocycles. The van der Waals surface area contributed by atoms with Crippen LogP contribution in [-0.4, -0.2) is 56.0 Å². The molecule has 0 bridgehead atoms. The van der Waals surface area contributed by atoms with Crippen LogP contribution in [0.2, 0.25) is 0 Å². The molecule has 1 saturated heterocycles. The number of rotatable bonds is 10. The second kappa shape index (κ2) is 12.8. The molecule has 2 N–H and O–H groups in total. The summed E-state index contributed by atoms with van der Waals surface area (Å²) in [7, 11) is 1.34. The molecule has 1 amide bonds.